The van der Waals surface area contributed by atoms with Gasteiger partial charge in [0.05, 0.1) is 6.61 Å². The standard InChI is InChI=1S/C23H22O9/c1-14(25)23(32-22(30)11-6-16-4-9-18(27)19(28)12-16)20(13-24)31-21(29)10-5-15-2-7-17(26)8-3-15/h2-12,20,23-24,26-28H,13H2,1H3. The summed E-state index contributed by atoms with van der Waals surface area (Å²) in [4.78, 5) is 36.1. The lowest BCUT2D eigenvalue weighted by molar-refractivity contribution is -0.168. The molecule has 0 bridgehead atoms. The van der Waals surface area contributed by atoms with Crippen molar-refractivity contribution in [1.82, 2.24) is 0 Å². The number of aliphatic hydroxyl groups is 1. The van der Waals surface area contributed by atoms with Gasteiger partial charge in [-0.25, -0.2) is 9.59 Å². The molecule has 0 aliphatic rings. The fourth-order valence-corrected chi connectivity index (χ4v) is 2.53. The van der Waals surface area contributed by atoms with Crippen molar-refractivity contribution >= 4 is 29.9 Å². The first-order chi connectivity index (χ1) is 15.2. The van der Waals surface area contributed by atoms with Crippen LogP contribution in [0.15, 0.2) is 54.6 Å². The monoisotopic (exact) mass is 442 g/mol. The lowest BCUT2D eigenvalue weighted by atomic mass is 10.1. The smallest absolute Gasteiger partial charge is 0.331 e. The van der Waals surface area contributed by atoms with Crippen molar-refractivity contribution < 1.29 is 44.3 Å². The van der Waals surface area contributed by atoms with Gasteiger partial charge < -0.3 is 29.9 Å². The number of phenols is 3. The third-order valence-corrected chi connectivity index (χ3v) is 4.15. The van der Waals surface area contributed by atoms with Gasteiger partial charge in [-0.1, -0.05) is 18.2 Å². The van der Waals surface area contributed by atoms with Crippen molar-refractivity contribution in [3.05, 3.63) is 65.7 Å². The predicted octanol–water partition coefficient (Wildman–Crippen LogP) is 1.93. The molecule has 0 amide bonds. The van der Waals surface area contributed by atoms with Gasteiger partial charge in [-0.05, 0) is 54.5 Å². The van der Waals surface area contributed by atoms with Crippen molar-refractivity contribution in [2.45, 2.75) is 19.1 Å². The van der Waals surface area contributed by atoms with E-state index in [-0.39, 0.29) is 17.2 Å². The van der Waals surface area contributed by atoms with Crippen LogP contribution in [0, 0.1) is 0 Å². The lowest BCUT2D eigenvalue weighted by Gasteiger charge is -2.22. The molecule has 0 saturated carbocycles. The predicted molar refractivity (Wildman–Crippen MR) is 113 cm³/mol. The molecule has 0 saturated heterocycles. The minimum Gasteiger partial charge on any atom is -0.508 e. The van der Waals surface area contributed by atoms with Crippen LogP contribution in [-0.2, 0) is 23.9 Å². The Bertz CT molecular complexity index is 1020. The zero-order valence-electron chi connectivity index (χ0n) is 17.0. The molecule has 0 aromatic heterocycles. The van der Waals surface area contributed by atoms with Crippen LogP contribution >= 0.6 is 0 Å². The molecule has 2 aromatic rings. The number of esters is 2. The topological polar surface area (TPSA) is 151 Å². The highest BCUT2D eigenvalue weighted by Crippen LogP contribution is 2.25. The van der Waals surface area contributed by atoms with E-state index in [1.165, 1.54) is 42.5 Å². The number of ketones is 1. The number of aliphatic hydroxyl groups excluding tert-OH is 1. The molecule has 9 heteroatoms. The van der Waals surface area contributed by atoms with Gasteiger partial charge in [-0.2, -0.15) is 0 Å². The average Bonchev–Trinajstić information content (AvgIpc) is 2.76. The van der Waals surface area contributed by atoms with Crippen LogP contribution in [0.4, 0.5) is 0 Å². The van der Waals surface area contributed by atoms with Gasteiger partial charge in [0.2, 0.25) is 0 Å². The number of rotatable bonds is 9. The number of hydrogen-bond donors (Lipinski definition) is 4. The summed E-state index contributed by atoms with van der Waals surface area (Å²) in [6, 6.07) is 9.84. The van der Waals surface area contributed by atoms with Crippen molar-refractivity contribution in [3.8, 4) is 17.2 Å². The summed E-state index contributed by atoms with van der Waals surface area (Å²) >= 11 is 0. The van der Waals surface area contributed by atoms with Crippen molar-refractivity contribution in [3.63, 3.8) is 0 Å². The van der Waals surface area contributed by atoms with Crippen LogP contribution in [0.5, 0.6) is 17.2 Å². The molecule has 0 radical (unpaired) electrons. The second-order valence-electron chi connectivity index (χ2n) is 6.63. The van der Waals surface area contributed by atoms with E-state index in [4.69, 9.17) is 9.47 Å². The van der Waals surface area contributed by atoms with Crippen LogP contribution in [0.1, 0.15) is 18.1 Å². The van der Waals surface area contributed by atoms with Gasteiger partial charge in [0.25, 0.3) is 0 Å². The summed E-state index contributed by atoms with van der Waals surface area (Å²) in [6.45, 7) is 0.342. The van der Waals surface area contributed by atoms with Gasteiger partial charge in [0.1, 0.15) is 5.75 Å². The van der Waals surface area contributed by atoms with Gasteiger partial charge in [-0.3, -0.25) is 4.79 Å². The van der Waals surface area contributed by atoms with E-state index >= 15 is 0 Å². The molecule has 0 aliphatic heterocycles. The molecule has 2 rings (SSSR count). The normalized spacial score (nSPS) is 13.1. The molecular weight excluding hydrogens is 420 g/mol. The van der Waals surface area contributed by atoms with Gasteiger partial charge >= 0.3 is 11.9 Å². The third kappa shape index (κ3) is 7.29. The first-order valence-electron chi connectivity index (χ1n) is 9.39. The molecular formula is C23H22O9. The third-order valence-electron chi connectivity index (χ3n) is 4.15. The summed E-state index contributed by atoms with van der Waals surface area (Å²) in [6.07, 6.45) is 1.74. The van der Waals surface area contributed by atoms with Gasteiger partial charge in [0.15, 0.2) is 29.5 Å². The number of aromatic hydroxyl groups is 3. The molecule has 4 N–H and O–H groups in total. The first kappa shape index (κ1) is 24.2. The van der Waals surface area contributed by atoms with E-state index in [0.29, 0.717) is 11.1 Å². The average molecular weight is 442 g/mol. The van der Waals surface area contributed by atoms with E-state index in [0.717, 1.165) is 19.1 Å². The Morgan fingerprint density at radius 1 is 0.844 bits per heavy atom. The van der Waals surface area contributed by atoms with Crippen LogP contribution in [0.2, 0.25) is 0 Å². The van der Waals surface area contributed by atoms with E-state index in [2.05, 4.69) is 0 Å². The van der Waals surface area contributed by atoms with Gasteiger partial charge in [0, 0.05) is 12.2 Å². The molecule has 0 heterocycles. The number of phenolic OH excluding ortho intramolecular Hbond substituents is 3. The molecule has 2 atom stereocenters. The lowest BCUT2D eigenvalue weighted by Crippen LogP contribution is -2.42. The number of hydrogen-bond acceptors (Lipinski definition) is 9. The second-order valence-corrected chi connectivity index (χ2v) is 6.63. The number of carbonyl (C=O) groups excluding carboxylic acids is 3. The quantitative estimate of drug-likeness (QED) is 0.259. The molecule has 2 unspecified atom stereocenters. The second kappa shape index (κ2) is 11.3. The van der Waals surface area contributed by atoms with E-state index < -0.39 is 36.5 Å². The van der Waals surface area contributed by atoms with Crippen molar-refractivity contribution in [1.29, 1.82) is 0 Å². The summed E-state index contributed by atoms with van der Waals surface area (Å²) in [7, 11) is 0. The Balaban J connectivity index is 2.02. The Labute approximate surface area is 183 Å². The summed E-state index contributed by atoms with van der Waals surface area (Å²) < 4.78 is 10.1. The van der Waals surface area contributed by atoms with Crippen molar-refractivity contribution in [2.24, 2.45) is 0 Å². The highest BCUT2D eigenvalue weighted by Gasteiger charge is 2.31. The van der Waals surface area contributed by atoms with Crippen LogP contribution < -0.4 is 0 Å². The Hall–Kier alpha value is -4.11. The van der Waals surface area contributed by atoms with E-state index in [1.807, 2.05) is 0 Å². The highest BCUT2D eigenvalue weighted by molar-refractivity contribution is 5.91. The summed E-state index contributed by atoms with van der Waals surface area (Å²) in [5.41, 5.74) is 0.973. The molecule has 0 fully saturated rings. The van der Waals surface area contributed by atoms with Crippen molar-refractivity contribution in [2.75, 3.05) is 6.61 Å². The molecule has 2 aromatic carbocycles. The van der Waals surface area contributed by atoms with Crippen LogP contribution in [0.25, 0.3) is 12.2 Å². The molecule has 32 heavy (non-hydrogen) atoms. The maximum Gasteiger partial charge on any atom is 0.331 e. The minimum atomic E-state index is -1.55. The van der Waals surface area contributed by atoms with Crippen LogP contribution in [0.3, 0.4) is 0 Å². The number of Topliss-reactive ketones (excluding diaryl/α,β-unsaturated/α-hetero) is 1. The van der Waals surface area contributed by atoms with E-state index in [9.17, 15) is 34.8 Å². The molecule has 168 valence electrons. The fourth-order valence-electron chi connectivity index (χ4n) is 2.53. The zero-order valence-corrected chi connectivity index (χ0v) is 17.0. The van der Waals surface area contributed by atoms with Gasteiger partial charge in [-0.15, -0.1) is 0 Å². The first-order valence-corrected chi connectivity index (χ1v) is 9.39. The number of benzene rings is 2. The maximum absolute atomic E-state index is 12.1. The summed E-state index contributed by atoms with van der Waals surface area (Å²) in [5.74, 6) is -3.12. The zero-order chi connectivity index (χ0) is 23.7. The maximum atomic E-state index is 12.1. The Kier molecular flexibility index (Phi) is 8.55. The Morgan fingerprint density at radius 2 is 1.41 bits per heavy atom. The summed E-state index contributed by atoms with van der Waals surface area (Å²) in [5, 5.41) is 37.6. The molecule has 0 spiro atoms. The minimum absolute atomic E-state index is 0.0625. The molecule has 9 nitrogen and oxygen atoms in total. The SMILES string of the molecule is CC(=O)C(OC(=O)C=Cc1ccc(O)c(O)c1)C(CO)OC(=O)C=Cc1ccc(O)cc1. The molecule has 0 aliphatic carbocycles. The number of ether oxygens (including phenoxy) is 2. The van der Waals surface area contributed by atoms with E-state index in [1.54, 1.807) is 12.1 Å². The number of carbonyl (C=O) groups is 3. The highest BCUT2D eigenvalue weighted by atomic mass is 16.6. The van der Waals surface area contributed by atoms with Crippen LogP contribution in [-0.4, -0.2) is 57.0 Å². The fraction of sp³-hybridized carbons (Fsp3) is 0.174. The largest absolute Gasteiger partial charge is 0.508 e. The Morgan fingerprint density at radius 3 is 1.97 bits per heavy atom.